The van der Waals surface area contributed by atoms with Gasteiger partial charge in [-0.1, -0.05) is 24.6 Å². The maximum absolute atomic E-state index is 10.7. The Labute approximate surface area is 123 Å². The van der Waals surface area contributed by atoms with E-state index in [-0.39, 0.29) is 5.75 Å². The van der Waals surface area contributed by atoms with Crippen LogP contribution in [0.4, 0.5) is 5.95 Å². The molecule has 1 saturated heterocycles. The third-order valence-electron chi connectivity index (χ3n) is 3.65. The zero-order valence-electron chi connectivity index (χ0n) is 12.1. The number of carboxylic acid groups (broad SMARTS) is 1. The van der Waals surface area contributed by atoms with Crippen LogP contribution in [0.1, 0.15) is 39.5 Å². The quantitative estimate of drug-likeness (QED) is 0.841. The first-order valence-corrected chi connectivity index (χ1v) is 8.16. The minimum atomic E-state index is -0.828. The summed E-state index contributed by atoms with van der Waals surface area (Å²) >= 11 is 1.23. The summed E-state index contributed by atoms with van der Waals surface area (Å²) < 4.78 is 2.02. The highest BCUT2D eigenvalue weighted by Gasteiger charge is 2.23. The van der Waals surface area contributed by atoms with Crippen LogP contribution in [-0.4, -0.2) is 44.2 Å². The lowest BCUT2D eigenvalue weighted by molar-refractivity contribution is -0.133. The van der Waals surface area contributed by atoms with Crippen LogP contribution in [0, 0.1) is 0 Å². The predicted octanol–water partition coefficient (Wildman–Crippen LogP) is 2.24. The number of nitrogens with zero attached hydrogens (tertiary/aromatic N) is 4. The smallest absolute Gasteiger partial charge is 0.313 e. The molecule has 0 bridgehead atoms. The number of anilines is 1. The Morgan fingerprint density at radius 2 is 2.20 bits per heavy atom. The molecule has 0 radical (unpaired) electrons. The van der Waals surface area contributed by atoms with Crippen molar-refractivity contribution in [1.82, 2.24) is 14.8 Å². The molecule has 1 fully saturated rings. The molecular formula is C13H22N4O2S. The van der Waals surface area contributed by atoms with Crippen molar-refractivity contribution in [2.75, 3.05) is 17.2 Å². The second-order valence-electron chi connectivity index (χ2n) is 5.10. The van der Waals surface area contributed by atoms with E-state index in [1.807, 2.05) is 11.5 Å². The molecule has 0 aromatic carbocycles. The monoisotopic (exact) mass is 298 g/mol. The van der Waals surface area contributed by atoms with Gasteiger partial charge in [0.1, 0.15) is 0 Å². The molecule has 1 aromatic rings. The van der Waals surface area contributed by atoms with Crippen molar-refractivity contribution >= 4 is 23.7 Å². The highest BCUT2D eigenvalue weighted by molar-refractivity contribution is 7.99. The van der Waals surface area contributed by atoms with E-state index in [9.17, 15) is 4.79 Å². The molecule has 1 aliphatic rings. The highest BCUT2D eigenvalue weighted by Crippen LogP contribution is 2.26. The van der Waals surface area contributed by atoms with E-state index >= 15 is 0 Å². The number of rotatable bonds is 5. The number of aliphatic carboxylic acids is 1. The number of aromatic nitrogens is 3. The Morgan fingerprint density at radius 1 is 1.40 bits per heavy atom. The van der Waals surface area contributed by atoms with Gasteiger partial charge in [-0.2, -0.15) is 0 Å². The van der Waals surface area contributed by atoms with Crippen molar-refractivity contribution in [3.63, 3.8) is 0 Å². The first-order chi connectivity index (χ1) is 9.63. The van der Waals surface area contributed by atoms with E-state index < -0.39 is 5.97 Å². The van der Waals surface area contributed by atoms with Crippen LogP contribution in [0.5, 0.6) is 0 Å². The van der Waals surface area contributed by atoms with E-state index in [1.165, 1.54) is 37.4 Å². The maximum atomic E-state index is 10.7. The number of hydrogen-bond donors (Lipinski definition) is 1. The fraction of sp³-hybridized carbons (Fsp3) is 0.769. The Morgan fingerprint density at radius 3 is 2.90 bits per heavy atom. The summed E-state index contributed by atoms with van der Waals surface area (Å²) in [6.07, 6.45) is 4.88. The summed E-state index contributed by atoms with van der Waals surface area (Å²) in [4.78, 5) is 13.0. The van der Waals surface area contributed by atoms with Gasteiger partial charge in [0.15, 0.2) is 5.16 Å². The van der Waals surface area contributed by atoms with Gasteiger partial charge in [0.05, 0.1) is 5.75 Å². The SMILES string of the molecule is CCn1c(SCC(=O)O)nnc1N1CCCCCC1C. The maximum Gasteiger partial charge on any atom is 0.313 e. The minimum Gasteiger partial charge on any atom is -0.481 e. The molecule has 112 valence electrons. The number of carboxylic acids is 1. The van der Waals surface area contributed by atoms with Gasteiger partial charge in [-0.05, 0) is 26.7 Å². The molecule has 20 heavy (non-hydrogen) atoms. The van der Waals surface area contributed by atoms with Crippen LogP contribution in [0.25, 0.3) is 0 Å². The van der Waals surface area contributed by atoms with Crippen LogP contribution < -0.4 is 4.90 Å². The normalized spacial score (nSPS) is 19.9. The van der Waals surface area contributed by atoms with E-state index in [4.69, 9.17) is 5.11 Å². The Hall–Kier alpha value is -1.24. The van der Waals surface area contributed by atoms with Crippen molar-refractivity contribution in [1.29, 1.82) is 0 Å². The molecule has 0 aliphatic carbocycles. The van der Waals surface area contributed by atoms with Gasteiger partial charge in [0.2, 0.25) is 5.95 Å². The van der Waals surface area contributed by atoms with Crippen LogP contribution >= 0.6 is 11.8 Å². The van der Waals surface area contributed by atoms with Crippen molar-refractivity contribution < 1.29 is 9.90 Å². The number of hydrogen-bond acceptors (Lipinski definition) is 5. The zero-order chi connectivity index (χ0) is 14.5. The molecule has 7 heteroatoms. The largest absolute Gasteiger partial charge is 0.481 e. The van der Waals surface area contributed by atoms with Crippen molar-refractivity contribution in [2.24, 2.45) is 0 Å². The van der Waals surface area contributed by atoms with Crippen molar-refractivity contribution in [3.8, 4) is 0 Å². The van der Waals surface area contributed by atoms with E-state index in [1.54, 1.807) is 0 Å². The Kier molecular flexibility index (Phi) is 5.28. The lowest BCUT2D eigenvalue weighted by atomic mass is 10.1. The van der Waals surface area contributed by atoms with E-state index in [2.05, 4.69) is 22.0 Å². The summed E-state index contributed by atoms with van der Waals surface area (Å²) in [7, 11) is 0. The Bertz CT molecular complexity index is 463. The third-order valence-corrected chi connectivity index (χ3v) is 4.60. The van der Waals surface area contributed by atoms with Crippen LogP contribution in [0.2, 0.25) is 0 Å². The molecule has 2 heterocycles. The van der Waals surface area contributed by atoms with Crippen LogP contribution in [0.15, 0.2) is 5.16 Å². The van der Waals surface area contributed by atoms with Crippen molar-refractivity contribution in [3.05, 3.63) is 0 Å². The standard InChI is InChI=1S/C13H22N4O2S/c1-3-16-12(14-15-13(16)20-9-11(18)19)17-8-6-4-5-7-10(17)2/h10H,3-9H2,1-2H3,(H,18,19). The first-order valence-electron chi connectivity index (χ1n) is 7.18. The molecule has 1 unspecified atom stereocenters. The fourth-order valence-electron chi connectivity index (χ4n) is 2.58. The molecule has 1 N–H and O–H groups in total. The van der Waals surface area contributed by atoms with Gasteiger partial charge in [0, 0.05) is 19.1 Å². The van der Waals surface area contributed by atoms with Gasteiger partial charge >= 0.3 is 5.97 Å². The molecular weight excluding hydrogens is 276 g/mol. The van der Waals surface area contributed by atoms with Crippen molar-refractivity contribution in [2.45, 2.75) is 57.3 Å². The number of thioether (sulfide) groups is 1. The highest BCUT2D eigenvalue weighted by atomic mass is 32.2. The van der Waals surface area contributed by atoms with Gasteiger partial charge < -0.3 is 10.0 Å². The first kappa shape index (κ1) is 15.2. The topological polar surface area (TPSA) is 71.2 Å². The third kappa shape index (κ3) is 3.45. The summed E-state index contributed by atoms with van der Waals surface area (Å²) in [5, 5.41) is 18.0. The zero-order valence-corrected chi connectivity index (χ0v) is 12.9. The fourth-order valence-corrected chi connectivity index (χ4v) is 3.29. The Balaban J connectivity index is 2.20. The second-order valence-corrected chi connectivity index (χ2v) is 6.04. The van der Waals surface area contributed by atoms with Gasteiger partial charge in [-0.3, -0.25) is 9.36 Å². The molecule has 0 saturated carbocycles. The van der Waals surface area contributed by atoms with Gasteiger partial charge in [0.25, 0.3) is 0 Å². The molecule has 1 atom stereocenters. The predicted molar refractivity (Wildman–Crippen MR) is 79.3 cm³/mol. The molecule has 2 rings (SSSR count). The summed E-state index contributed by atoms with van der Waals surface area (Å²) in [6.45, 7) is 6.03. The average molecular weight is 298 g/mol. The average Bonchev–Trinajstić information content (AvgIpc) is 2.70. The van der Waals surface area contributed by atoms with Crippen LogP contribution in [0.3, 0.4) is 0 Å². The lowest BCUT2D eigenvalue weighted by Crippen LogP contribution is -2.34. The summed E-state index contributed by atoms with van der Waals surface area (Å²) in [5.41, 5.74) is 0. The van der Waals surface area contributed by atoms with E-state index in [0.29, 0.717) is 11.2 Å². The summed E-state index contributed by atoms with van der Waals surface area (Å²) in [6, 6.07) is 0.462. The van der Waals surface area contributed by atoms with E-state index in [0.717, 1.165) is 19.0 Å². The molecule has 6 nitrogen and oxygen atoms in total. The second kappa shape index (κ2) is 6.97. The summed E-state index contributed by atoms with van der Waals surface area (Å²) in [5.74, 6) is 0.0772. The minimum absolute atomic E-state index is 0.0215. The lowest BCUT2D eigenvalue weighted by Gasteiger charge is -2.28. The molecule has 0 amide bonds. The molecule has 1 aliphatic heterocycles. The number of carbonyl (C=O) groups is 1. The van der Waals surface area contributed by atoms with Gasteiger partial charge in [-0.15, -0.1) is 10.2 Å². The van der Waals surface area contributed by atoms with Crippen LogP contribution in [-0.2, 0) is 11.3 Å². The van der Waals surface area contributed by atoms with Gasteiger partial charge in [-0.25, -0.2) is 0 Å². The molecule has 0 spiro atoms. The molecule has 1 aromatic heterocycles.